The van der Waals surface area contributed by atoms with Crippen molar-refractivity contribution in [3.8, 4) is 22.5 Å². The van der Waals surface area contributed by atoms with Gasteiger partial charge in [0.25, 0.3) is 0 Å². The van der Waals surface area contributed by atoms with E-state index in [4.69, 9.17) is 0 Å². The monoisotopic (exact) mass is 264 g/mol. The standard InChI is InChI=1S/C18H20N2/c1-11-9-19-17(13(11)3)15-6-5-7-16(8-15)18-14(4)12(2)10-20-18/h5-10,19-20H,1-4H3. The summed E-state index contributed by atoms with van der Waals surface area (Å²) in [6.07, 6.45) is 4.14. The van der Waals surface area contributed by atoms with Gasteiger partial charge in [-0.05, 0) is 67.1 Å². The molecule has 2 heterocycles. The number of aromatic nitrogens is 2. The van der Waals surface area contributed by atoms with E-state index in [9.17, 15) is 0 Å². The first-order valence-corrected chi connectivity index (χ1v) is 6.98. The molecule has 2 heteroatoms. The fraction of sp³-hybridized carbons (Fsp3) is 0.222. The molecule has 2 nitrogen and oxygen atoms in total. The first-order chi connectivity index (χ1) is 9.58. The second kappa shape index (κ2) is 4.71. The fourth-order valence-corrected chi connectivity index (χ4v) is 2.62. The Labute approximate surface area is 119 Å². The SMILES string of the molecule is Cc1c[nH]c(-c2cccc(-c3[nH]cc(C)c3C)c2)c1C. The number of rotatable bonds is 2. The summed E-state index contributed by atoms with van der Waals surface area (Å²) in [5.41, 5.74) is 10.1. The topological polar surface area (TPSA) is 31.6 Å². The summed E-state index contributed by atoms with van der Waals surface area (Å²) in [6, 6.07) is 8.69. The first kappa shape index (κ1) is 12.8. The molecule has 0 saturated carbocycles. The number of H-pyrrole nitrogens is 2. The Bertz CT molecular complexity index is 698. The lowest BCUT2D eigenvalue weighted by atomic mass is 10.0. The van der Waals surface area contributed by atoms with Crippen molar-refractivity contribution >= 4 is 0 Å². The van der Waals surface area contributed by atoms with Gasteiger partial charge in [-0.25, -0.2) is 0 Å². The van der Waals surface area contributed by atoms with Crippen LogP contribution < -0.4 is 0 Å². The van der Waals surface area contributed by atoms with Gasteiger partial charge in [0.05, 0.1) is 0 Å². The van der Waals surface area contributed by atoms with Crippen molar-refractivity contribution in [3.63, 3.8) is 0 Å². The summed E-state index contributed by atoms with van der Waals surface area (Å²) in [5, 5.41) is 0. The highest BCUT2D eigenvalue weighted by atomic mass is 14.7. The van der Waals surface area contributed by atoms with Crippen LogP contribution in [0.2, 0.25) is 0 Å². The zero-order valence-corrected chi connectivity index (χ0v) is 12.5. The van der Waals surface area contributed by atoms with Crippen LogP contribution in [-0.2, 0) is 0 Å². The first-order valence-electron chi connectivity index (χ1n) is 6.98. The van der Waals surface area contributed by atoms with Crippen LogP contribution in [-0.4, -0.2) is 9.97 Å². The smallest absolute Gasteiger partial charge is 0.0486 e. The van der Waals surface area contributed by atoms with Crippen molar-refractivity contribution in [1.82, 2.24) is 9.97 Å². The van der Waals surface area contributed by atoms with Gasteiger partial charge in [0.1, 0.15) is 0 Å². The minimum absolute atomic E-state index is 1.21. The number of hydrogen-bond donors (Lipinski definition) is 2. The van der Waals surface area contributed by atoms with E-state index >= 15 is 0 Å². The molecule has 102 valence electrons. The Hall–Kier alpha value is -2.22. The van der Waals surface area contributed by atoms with Gasteiger partial charge in [0.2, 0.25) is 0 Å². The highest BCUT2D eigenvalue weighted by Crippen LogP contribution is 2.30. The average Bonchev–Trinajstić information content (AvgIpc) is 2.95. The van der Waals surface area contributed by atoms with Gasteiger partial charge in [-0.1, -0.05) is 18.2 Å². The van der Waals surface area contributed by atoms with Crippen LogP contribution in [0.15, 0.2) is 36.7 Å². The van der Waals surface area contributed by atoms with Crippen molar-refractivity contribution in [2.24, 2.45) is 0 Å². The zero-order chi connectivity index (χ0) is 14.3. The molecule has 2 aromatic heterocycles. The van der Waals surface area contributed by atoms with Crippen molar-refractivity contribution in [2.75, 3.05) is 0 Å². The van der Waals surface area contributed by atoms with E-state index in [1.165, 1.54) is 44.8 Å². The Morgan fingerprint density at radius 1 is 0.700 bits per heavy atom. The lowest BCUT2D eigenvalue weighted by Crippen LogP contribution is -1.85. The van der Waals surface area contributed by atoms with Crippen LogP contribution in [0.25, 0.3) is 22.5 Å². The van der Waals surface area contributed by atoms with Crippen LogP contribution in [0.1, 0.15) is 22.3 Å². The van der Waals surface area contributed by atoms with Crippen molar-refractivity contribution in [3.05, 3.63) is 58.9 Å². The molecule has 3 aromatic rings. The number of aryl methyl sites for hydroxylation is 2. The summed E-state index contributed by atoms with van der Waals surface area (Å²) in [4.78, 5) is 6.76. The molecule has 20 heavy (non-hydrogen) atoms. The van der Waals surface area contributed by atoms with E-state index in [1.807, 2.05) is 0 Å². The van der Waals surface area contributed by atoms with E-state index in [0.29, 0.717) is 0 Å². The van der Waals surface area contributed by atoms with Gasteiger partial charge < -0.3 is 9.97 Å². The van der Waals surface area contributed by atoms with Crippen LogP contribution in [0.4, 0.5) is 0 Å². The van der Waals surface area contributed by atoms with Gasteiger partial charge in [-0.3, -0.25) is 0 Å². The highest BCUT2D eigenvalue weighted by molar-refractivity contribution is 5.73. The molecular weight excluding hydrogens is 244 g/mol. The quantitative estimate of drug-likeness (QED) is 0.659. The van der Waals surface area contributed by atoms with Crippen LogP contribution >= 0.6 is 0 Å². The Morgan fingerprint density at radius 2 is 1.15 bits per heavy atom. The van der Waals surface area contributed by atoms with E-state index in [-0.39, 0.29) is 0 Å². The second-order valence-electron chi connectivity index (χ2n) is 5.52. The van der Waals surface area contributed by atoms with E-state index in [1.54, 1.807) is 0 Å². The molecule has 0 aliphatic heterocycles. The van der Waals surface area contributed by atoms with Crippen LogP contribution in [0.3, 0.4) is 0 Å². The molecule has 0 aliphatic carbocycles. The lowest BCUT2D eigenvalue weighted by Gasteiger charge is -2.06. The molecule has 0 spiro atoms. The van der Waals surface area contributed by atoms with Gasteiger partial charge in [0.15, 0.2) is 0 Å². The molecule has 0 radical (unpaired) electrons. The summed E-state index contributed by atoms with van der Waals surface area (Å²) in [5.74, 6) is 0. The Morgan fingerprint density at radius 3 is 1.50 bits per heavy atom. The van der Waals surface area contributed by atoms with Gasteiger partial charge >= 0.3 is 0 Å². The molecule has 0 bridgehead atoms. The largest absolute Gasteiger partial charge is 0.361 e. The molecule has 0 aliphatic rings. The van der Waals surface area contributed by atoms with E-state index < -0.39 is 0 Å². The minimum Gasteiger partial charge on any atom is -0.361 e. The number of benzene rings is 1. The molecule has 0 saturated heterocycles. The van der Waals surface area contributed by atoms with Crippen molar-refractivity contribution in [1.29, 1.82) is 0 Å². The molecule has 0 fully saturated rings. The maximum absolute atomic E-state index is 3.38. The highest BCUT2D eigenvalue weighted by Gasteiger charge is 2.10. The van der Waals surface area contributed by atoms with Crippen LogP contribution in [0, 0.1) is 27.7 Å². The molecule has 3 rings (SSSR count). The summed E-state index contributed by atoms with van der Waals surface area (Å²) >= 11 is 0. The van der Waals surface area contributed by atoms with Gasteiger partial charge in [-0.15, -0.1) is 0 Å². The predicted octanol–water partition coefficient (Wildman–Crippen LogP) is 4.91. The minimum atomic E-state index is 1.21. The fourth-order valence-electron chi connectivity index (χ4n) is 2.62. The van der Waals surface area contributed by atoms with E-state index in [2.05, 4.69) is 74.3 Å². The maximum atomic E-state index is 3.38. The van der Waals surface area contributed by atoms with Crippen molar-refractivity contribution in [2.45, 2.75) is 27.7 Å². The third-order valence-corrected chi connectivity index (χ3v) is 4.24. The molecule has 1 aromatic carbocycles. The molecular formula is C18H20N2. The number of hydrogen-bond acceptors (Lipinski definition) is 0. The molecule has 2 N–H and O–H groups in total. The second-order valence-corrected chi connectivity index (χ2v) is 5.52. The lowest BCUT2D eigenvalue weighted by molar-refractivity contribution is 1.35. The third-order valence-electron chi connectivity index (χ3n) is 4.24. The third kappa shape index (κ3) is 1.97. The average molecular weight is 264 g/mol. The summed E-state index contributed by atoms with van der Waals surface area (Å²) < 4.78 is 0. The predicted molar refractivity (Wildman–Crippen MR) is 85.0 cm³/mol. The van der Waals surface area contributed by atoms with Crippen LogP contribution in [0.5, 0.6) is 0 Å². The zero-order valence-electron chi connectivity index (χ0n) is 12.5. The Kier molecular flexibility index (Phi) is 3.01. The van der Waals surface area contributed by atoms with E-state index in [0.717, 1.165) is 0 Å². The number of aromatic amines is 2. The normalized spacial score (nSPS) is 11.0. The number of nitrogens with one attached hydrogen (secondary N) is 2. The summed E-state index contributed by atoms with van der Waals surface area (Å²) in [7, 11) is 0. The van der Waals surface area contributed by atoms with Crippen molar-refractivity contribution < 1.29 is 0 Å². The van der Waals surface area contributed by atoms with Gasteiger partial charge in [-0.2, -0.15) is 0 Å². The molecule has 0 unspecified atom stereocenters. The maximum Gasteiger partial charge on any atom is 0.0486 e. The Balaban J connectivity index is 2.11. The molecule has 0 atom stereocenters. The van der Waals surface area contributed by atoms with Gasteiger partial charge in [0, 0.05) is 23.8 Å². The molecule has 0 amide bonds. The summed E-state index contributed by atoms with van der Waals surface area (Å²) in [6.45, 7) is 8.60.